The molecule has 0 bridgehead atoms. The summed E-state index contributed by atoms with van der Waals surface area (Å²) in [7, 11) is -1.36. The quantitative estimate of drug-likeness (QED) is 0.232. The summed E-state index contributed by atoms with van der Waals surface area (Å²) in [6.07, 6.45) is 2.07. The number of sulfonamides is 1. The van der Waals surface area contributed by atoms with Gasteiger partial charge in [-0.05, 0) is 54.8 Å². The van der Waals surface area contributed by atoms with Crippen molar-refractivity contribution in [2.75, 3.05) is 43.1 Å². The van der Waals surface area contributed by atoms with Gasteiger partial charge in [0.15, 0.2) is 0 Å². The molecule has 2 heterocycles. The van der Waals surface area contributed by atoms with Crippen molar-refractivity contribution in [2.45, 2.75) is 31.1 Å². The van der Waals surface area contributed by atoms with Crippen molar-refractivity contribution >= 4 is 56.5 Å². The number of aromatic nitrogens is 3. The lowest BCUT2D eigenvalue weighted by Crippen LogP contribution is -2.36. The topological polar surface area (TPSA) is 124 Å². The largest absolute Gasteiger partial charge is 0.467 e. The van der Waals surface area contributed by atoms with Gasteiger partial charge in [-0.15, -0.1) is 4.98 Å². The molecule has 11 nitrogen and oxygen atoms in total. The third-order valence-electron chi connectivity index (χ3n) is 5.89. The summed E-state index contributed by atoms with van der Waals surface area (Å²) < 4.78 is 44.1. The number of methoxy groups -OCH3 is 2. The highest BCUT2D eigenvalue weighted by Crippen LogP contribution is 2.37. The molecule has 0 aliphatic carbocycles. The average molecular weight is 596 g/mol. The molecule has 3 aromatic rings. The molecule has 1 aliphatic rings. The van der Waals surface area contributed by atoms with Gasteiger partial charge < -0.3 is 19.1 Å². The molecule has 2 aromatic carbocycles. The number of benzene rings is 2. The van der Waals surface area contributed by atoms with E-state index in [1.165, 1.54) is 32.4 Å². The lowest BCUT2D eigenvalue weighted by molar-refractivity contribution is -0.141. The summed E-state index contributed by atoms with van der Waals surface area (Å²) in [6.45, 7) is 2.15. The van der Waals surface area contributed by atoms with Crippen molar-refractivity contribution in [1.29, 1.82) is 0 Å². The van der Waals surface area contributed by atoms with Crippen LogP contribution in [0.2, 0.25) is 10.0 Å². The number of hydrogen-bond acceptors (Lipinski definition) is 10. The molecule has 0 unspecified atom stereocenters. The summed E-state index contributed by atoms with van der Waals surface area (Å²) in [5.74, 6) is -0.352. The van der Waals surface area contributed by atoms with Gasteiger partial charge in [0.2, 0.25) is 5.95 Å². The van der Waals surface area contributed by atoms with E-state index in [9.17, 15) is 13.2 Å². The first-order valence-corrected chi connectivity index (χ1v) is 14.2. The van der Waals surface area contributed by atoms with Crippen LogP contribution in [0.25, 0.3) is 0 Å². The Labute approximate surface area is 236 Å². The number of ether oxygens (including phenoxy) is 3. The summed E-state index contributed by atoms with van der Waals surface area (Å²) >= 11 is 12.2. The number of hydrogen-bond donors (Lipinski definition) is 0. The van der Waals surface area contributed by atoms with E-state index in [-0.39, 0.29) is 39.3 Å². The molecule has 39 heavy (non-hydrogen) atoms. The van der Waals surface area contributed by atoms with Crippen molar-refractivity contribution < 1.29 is 27.4 Å². The van der Waals surface area contributed by atoms with Crippen LogP contribution in [0.3, 0.4) is 0 Å². The van der Waals surface area contributed by atoms with Crippen LogP contribution >= 0.6 is 23.2 Å². The maximum Gasteiger partial charge on any atom is 0.326 e. The van der Waals surface area contributed by atoms with Gasteiger partial charge in [0.25, 0.3) is 10.0 Å². The molecule has 0 saturated carbocycles. The van der Waals surface area contributed by atoms with Crippen molar-refractivity contribution in [3.05, 3.63) is 52.0 Å². The van der Waals surface area contributed by atoms with E-state index in [2.05, 4.69) is 15.0 Å². The third-order valence-corrected chi connectivity index (χ3v) is 8.08. The summed E-state index contributed by atoms with van der Waals surface area (Å²) in [5.41, 5.74) is 1.88. The van der Waals surface area contributed by atoms with Crippen LogP contribution in [0.15, 0.2) is 41.3 Å². The fourth-order valence-electron chi connectivity index (χ4n) is 4.00. The van der Waals surface area contributed by atoms with Crippen molar-refractivity contribution in [3.63, 3.8) is 0 Å². The number of carbonyl (C=O) groups excluding carboxylic acids is 1. The number of unbranched alkanes of at least 4 members (excludes halogenated alkanes) is 1. The van der Waals surface area contributed by atoms with Crippen LogP contribution in [-0.4, -0.2) is 63.3 Å². The Morgan fingerprint density at radius 3 is 2.31 bits per heavy atom. The Kier molecular flexibility index (Phi) is 8.98. The lowest BCUT2D eigenvalue weighted by Gasteiger charge is -2.25. The highest BCUT2D eigenvalue weighted by atomic mass is 35.5. The average Bonchev–Trinajstić information content (AvgIpc) is 3.34. The summed E-state index contributed by atoms with van der Waals surface area (Å²) in [4.78, 5) is 27.0. The standard InChI is InChI=1S/C25H27Cl2N5O6S/c1-4-5-10-38-22(33)15-32(39(34,35)20-13-17(26)12-18(27)14-20)19-6-7-21-16(11-19)8-9-31(21)23-28-24(36-2)30-25(29-23)37-3/h6-7,11-14H,4-5,8-10,15H2,1-3H3. The minimum atomic E-state index is -4.24. The van der Waals surface area contributed by atoms with E-state index in [4.69, 9.17) is 37.4 Å². The second-order valence-corrected chi connectivity index (χ2v) is 11.2. The zero-order valence-electron chi connectivity index (χ0n) is 21.6. The maximum atomic E-state index is 13.8. The molecule has 1 aromatic heterocycles. The van der Waals surface area contributed by atoms with Crippen LogP contribution < -0.4 is 18.7 Å². The molecule has 0 amide bonds. The Morgan fingerprint density at radius 2 is 1.69 bits per heavy atom. The number of halogens is 2. The smallest absolute Gasteiger partial charge is 0.326 e. The molecule has 0 radical (unpaired) electrons. The predicted octanol–water partition coefficient (Wildman–Crippen LogP) is 4.43. The number of carbonyl (C=O) groups is 1. The molecule has 14 heteroatoms. The van der Waals surface area contributed by atoms with Gasteiger partial charge in [0.1, 0.15) is 6.54 Å². The summed E-state index contributed by atoms with van der Waals surface area (Å²) in [6, 6.07) is 9.27. The van der Waals surface area contributed by atoms with E-state index >= 15 is 0 Å². The number of anilines is 3. The van der Waals surface area contributed by atoms with E-state index in [0.717, 1.165) is 22.0 Å². The molecule has 4 rings (SSSR count). The van der Waals surface area contributed by atoms with E-state index in [1.54, 1.807) is 18.2 Å². The molecule has 0 fully saturated rings. The predicted molar refractivity (Wildman–Crippen MR) is 147 cm³/mol. The number of rotatable bonds is 11. The van der Waals surface area contributed by atoms with Gasteiger partial charge in [-0.1, -0.05) is 36.5 Å². The maximum absolute atomic E-state index is 13.8. The molecule has 0 atom stereocenters. The number of esters is 1. The van der Waals surface area contributed by atoms with E-state index < -0.39 is 22.5 Å². The van der Waals surface area contributed by atoms with Crippen molar-refractivity contribution in [1.82, 2.24) is 15.0 Å². The van der Waals surface area contributed by atoms with Gasteiger partial charge >= 0.3 is 18.0 Å². The zero-order chi connectivity index (χ0) is 28.2. The SMILES string of the molecule is CCCCOC(=O)CN(c1ccc2c(c1)CCN2c1nc(OC)nc(OC)n1)S(=O)(=O)c1cc(Cl)cc(Cl)c1. The highest BCUT2D eigenvalue weighted by Gasteiger charge is 2.31. The van der Waals surface area contributed by atoms with E-state index in [1.807, 2.05) is 11.8 Å². The molecular weight excluding hydrogens is 569 g/mol. The zero-order valence-corrected chi connectivity index (χ0v) is 23.9. The first-order valence-electron chi connectivity index (χ1n) is 12.0. The minimum absolute atomic E-state index is 0.0981. The van der Waals surface area contributed by atoms with Crippen molar-refractivity contribution in [3.8, 4) is 12.0 Å². The number of fused-ring (bicyclic) bond motifs is 1. The van der Waals surface area contributed by atoms with Crippen LogP contribution in [0.4, 0.5) is 17.3 Å². The molecule has 0 saturated heterocycles. The second-order valence-electron chi connectivity index (χ2n) is 8.51. The number of nitrogens with zero attached hydrogens (tertiary/aromatic N) is 5. The van der Waals surface area contributed by atoms with Gasteiger partial charge in [0, 0.05) is 22.3 Å². The van der Waals surface area contributed by atoms with Crippen LogP contribution in [0, 0.1) is 0 Å². The van der Waals surface area contributed by atoms with E-state index in [0.29, 0.717) is 25.3 Å². The minimum Gasteiger partial charge on any atom is -0.467 e. The first-order chi connectivity index (χ1) is 18.7. The Morgan fingerprint density at radius 1 is 1.03 bits per heavy atom. The van der Waals surface area contributed by atoms with Gasteiger partial charge in [-0.2, -0.15) is 9.97 Å². The fraction of sp³-hybridized carbons (Fsp3) is 0.360. The lowest BCUT2D eigenvalue weighted by atomic mass is 10.1. The van der Waals surface area contributed by atoms with Crippen LogP contribution in [0.1, 0.15) is 25.3 Å². The van der Waals surface area contributed by atoms with Crippen LogP contribution in [-0.2, 0) is 26.0 Å². The van der Waals surface area contributed by atoms with Crippen LogP contribution in [0.5, 0.6) is 12.0 Å². The third kappa shape index (κ3) is 6.45. The Bertz CT molecular complexity index is 1430. The van der Waals surface area contributed by atoms with Crippen molar-refractivity contribution in [2.24, 2.45) is 0 Å². The Hall–Kier alpha value is -3.35. The second kappa shape index (κ2) is 12.2. The molecule has 208 valence electrons. The monoisotopic (exact) mass is 595 g/mol. The molecular formula is C25H27Cl2N5O6S. The normalized spacial score (nSPS) is 12.7. The first kappa shape index (κ1) is 28.7. The highest BCUT2D eigenvalue weighted by molar-refractivity contribution is 7.92. The Balaban J connectivity index is 1.72. The van der Waals surface area contributed by atoms with Gasteiger partial charge in [-0.3, -0.25) is 9.10 Å². The van der Waals surface area contributed by atoms with Gasteiger partial charge in [-0.25, -0.2) is 8.42 Å². The molecule has 1 aliphatic heterocycles. The fourth-order valence-corrected chi connectivity index (χ4v) is 6.12. The summed E-state index contributed by atoms with van der Waals surface area (Å²) in [5, 5.41) is 0.304. The molecule has 0 spiro atoms. The van der Waals surface area contributed by atoms with Gasteiger partial charge in [0.05, 0.1) is 31.4 Å². The molecule has 0 N–H and O–H groups in total.